The molecule has 3 rings (SSSR count). The van der Waals surface area contributed by atoms with E-state index >= 15 is 0 Å². The Kier molecular flexibility index (Phi) is 3.45. The molecular weight excluding hydrogens is 277 g/mol. The summed E-state index contributed by atoms with van der Waals surface area (Å²) in [5, 5.41) is 0.487. The highest BCUT2D eigenvalue weighted by Gasteiger charge is 2.42. The van der Waals surface area contributed by atoms with Gasteiger partial charge in [-0.3, -0.25) is 14.0 Å². The molecule has 2 aliphatic rings. The van der Waals surface area contributed by atoms with Crippen LogP contribution in [-0.4, -0.2) is 29.5 Å². The molecular formula is C15H14FNO4. The second-order valence-electron chi connectivity index (χ2n) is 5.31. The van der Waals surface area contributed by atoms with E-state index in [-0.39, 0.29) is 17.0 Å². The number of hydroxylamine groups is 2. The number of rotatable bonds is 3. The summed E-state index contributed by atoms with van der Waals surface area (Å²) in [5.74, 6) is -2.98. The topological polar surface area (TPSA) is 63.7 Å². The van der Waals surface area contributed by atoms with Crippen molar-refractivity contribution in [3.8, 4) is 0 Å². The van der Waals surface area contributed by atoms with E-state index in [0.29, 0.717) is 17.9 Å². The average molecular weight is 291 g/mol. The van der Waals surface area contributed by atoms with Gasteiger partial charge in [0, 0.05) is 5.92 Å². The maximum Gasteiger partial charge on any atom is 0.336 e. The smallest absolute Gasteiger partial charge is 0.329 e. The summed E-state index contributed by atoms with van der Waals surface area (Å²) >= 11 is 0. The van der Waals surface area contributed by atoms with Crippen LogP contribution in [-0.2, 0) is 9.63 Å². The molecule has 0 aromatic heterocycles. The van der Waals surface area contributed by atoms with E-state index in [9.17, 15) is 18.8 Å². The van der Waals surface area contributed by atoms with Crippen LogP contribution < -0.4 is 0 Å². The van der Waals surface area contributed by atoms with E-state index in [1.54, 1.807) is 12.1 Å². The van der Waals surface area contributed by atoms with Gasteiger partial charge in [0.15, 0.2) is 0 Å². The third kappa shape index (κ3) is 2.20. The lowest BCUT2D eigenvalue weighted by atomic mass is 9.98. The lowest BCUT2D eigenvalue weighted by Crippen LogP contribution is -2.36. The first kappa shape index (κ1) is 13.7. The third-order valence-corrected chi connectivity index (χ3v) is 4.10. The van der Waals surface area contributed by atoms with E-state index in [1.807, 2.05) is 0 Å². The van der Waals surface area contributed by atoms with Crippen molar-refractivity contribution in [2.24, 2.45) is 11.8 Å². The number of hydrogen-bond acceptors (Lipinski definition) is 4. The van der Waals surface area contributed by atoms with Crippen molar-refractivity contribution in [2.45, 2.75) is 19.3 Å². The van der Waals surface area contributed by atoms with Gasteiger partial charge in [-0.1, -0.05) is 23.6 Å². The fourth-order valence-corrected chi connectivity index (χ4v) is 2.94. The Morgan fingerprint density at radius 2 is 1.81 bits per heavy atom. The number of fused-ring (bicyclic) bond motifs is 1. The summed E-state index contributed by atoms with van der Waals surface area (Å²) in [5.41, 5.74) is 0.424. The number of nitrogens with zero attached hydrogens (tertiary/aromatic N) is 1. The predicted molar refractivity (Wildman–Crippen MR) is 69.8 cm³/mol. The molecule has 6 heteroatoms. The zero-order valence-electron chi connectivity index (χ0n) is 11.3. The van der Waals surface area contributed by atoms with E-state index in [0.717, 1.165) is 6.42 Å². The molecule has 21 heavy (non-hydrogen) atoms. The van der Waals surface area contributed by atoms with Crippen LogP contribution >= 0.6 is 0 Å². The SMILES string of the molecule is O=C(ON1C(=O)c2ccccc2C1=O)[C@@H]1CCC[C@H]1CF. The zero-order chi connectivity index (χ0) is 15.0. The molecule has 0 spiro atoms. The van der Waals surface area contributed by atoms with Crippen LogP contribution in [0.1, 0.15) is 40.0 Å². The van der Waals surface area contributed by atoms with Gasteiger partial charge in [0.05, 0.1) is 23.7 Å². The fraction of sp³-hybridized carbons (Fsp3) is 0.400. The first-order valence-corrected chi connectivity index (χ1v) is 6.89. The van der Waals surface area contributed by atoms with Crippen LogP contribution in [0.4, 0.5) is 4.39 Å². The molecule has 1 heterocycles. The summed E-state index contributed by atoms with van der Waals surface area (Å²) < 4.78 is 12.8. The number of halogens is 1. The molecule has 2 atom stereocenters. The highest BCUT2D eigenvalue weighted by atomic mass is 19.1. The van der Waals surface area contributed by atoms with Crippen molar-refractivity contribution < 1.29 is 23.6 Å². The minimum absolute atomic E-state index is 0.212. The number of benzene rings is 1. The minimum atomic E-state index is -0.704. The van der Waals surface area contributed by atoms with Crippen molar-refractivity contribution in [1.82, 2.24) is 5.06 Å². The molecule has 0 N–H and O–H groups in total. The maximum absolute atomic E-state index is 12.8. The van der Waals surface area contributed by atoms with Gasteiger partial charge in [0.25, 0.3) is 11.8 Å². The Labute approximate surface area is 120 Å². The molecule has 1 aromatic rings. The molecule has 0 bridgehead atoms. The minimum Gasteiger partial charge on any atom is -0.329 e. The van der Waals surface area contributed by atoms with Crippen molar-refractivity contribution in [3.05, 3.63) is 35.4 Å². The van der Waals surface area contributed by atoms with Crippen molar-refractivity contribution in [3.63, 3.8) is 0 Å². The summed E-state index contributed by atoms with van der Waals surface area (Å²) in [6, 6.07) is 6.27. The molecule has 0 radical (unpaired) electrons. The van der Waals surface area contributed by atoms with Crippen molar-refractivity contribution >= 4 is 17.8 Å². The zero-order valence-corrected chi connectivity index (χ0v) is 11.3. The highest BCUT2D eigenvalue weighted by Crippen LogP contribution is 2.34. The van der Waals surface area contributed by atoms with Gasteiger partial charge < -0.3 is 4.84 Å². The van der Waals surface area contributed by atoms with Crippen LogP contribution in [0.2, 0.25) is 0 Å². The molecule has 1 aliphatic heterocycles. The first-order chi connectivity index (χ1) is 10.1. The Morgan fingerprint density at radius 1 is 1.19 bits per heavy atom. The van der Waals surface area contributed by atoms with Crippen LogP contribution in [0.3, 0.4) is 0 Å². The standard InChI is InChI=1S/C15H14FNO4/c16-8-9-4-3-7-10(9)15(20)21-17-13(18)11-5-1-2-6-12(11)14(17)19/h1-2,5-6,9-10H,3-4,7-8H2/t9-,10+/m0/s1. The van der Waals surface area contributed by atoms with Crippen LogP contribution in [0.25, 0.3) is 0 Å². The number of imide groups is 1. The first-order valence-electron chi connectivity index (χ1n) is 6.89. The van der Waals surface area contributed by atoms with E-state index in [1.165, 1.54) is 12.1 Å². The number of hydrogen-bond donors (Lipinski definition) is 0. The number of amides is 2. The summed E-state index contributed by atoms with van der Waals surface area (Å²) in [6.45, 7) is -0.595. The molecule has 1 aliphatic carbocycles. The summed E-state index contributed by atoms with van der Waals surface area (Å²) in [7, 11) is 0. The molecule has 0 unspecified atom stereocenters. The Hall–Kier alpha value is -2.24. The predicted octanol–water partition coefficient (Wildman–Crippen LogP) is 2.13. The number of alkyl halides is 1. The van der Waals surface area contributed by atoms with Crippen molar-refractivity contribution in [2.75, 3.05) is 6.67 Å². The van der Waals surface area contributed by atoms with Gasteiger partial charge in [-0.2, -0.15) is 0 Å². The normalized spacial score (nSPS) is 24.3. The molecule has 2 amide bonds. The summed E-state index contributed by atoms with van der Waals surface area (Å²) in [6.07, 6.45) is 1.89. The highest BCUT2D eigenvalue weighted by molar-refractivity contribution is 6.20. The van der Waals surface area contributed by atoms with E-state index < -0.39 is 30.4 Å². The second kappa shape index (κ2) is 5.27. The Morgan fingerprint density at radius 3 is 2.38 bits per heavy atom. The van der Waals surface area contributed by atoms with Gasteiger partial charge in [-0.05, 0) is 25.0 Å². The molecule has 5 nitrogen and oxygen atoms in total. The number of carbonyl (C=O) groups is 3. The van der Waals surface area contributed by atoms with Gasteiger partial charge in [-0.15, -0.1) is 0 Å². The molecule has 110 valence electrons. The fourth-order valence-electron chi connectivity index (χ4n) is 2.94. The molecule has 1 saturated carbocycles. The molecule has 0 saturated heterocycles. The second-order valence-corrected chi connectivity index (χ2v) is 5.31. The quantitative estimate of drug-likeness (QED) is 0.800. The average Bonchev–Trinajstić information content (AvgIpc) is 3.07. The van der Waals surface area contributed by atoms with Gasteiger partial charge in [0.1, 0.15) is 0 Å². The van der Waals surface area contributed by atoms with Crippen LogP contribution in [0.15, 0.2) is 24.3 Å². The van der Waals surface area contributed by atoms with Gasteiger partial charge >= 0.3 is 5.97 Å². The summed E-state index contributed by atoms with van der Waals surface area (Å²) in [4.78, 5) is 41.2. The Bertz CT molecular complexity index is 580. The van der Waals surface area contributed by atoms with Crippen molar-refractivity contribution in [1.29, 1.82) is 0 Å². The van der Waals surface area contributed by atoms with Gasteiger partial charge in [-0.25, -0.2) is 4.79 Å². The third-order valence-electron chi connectivity index (χ3n) is 4.10. The lowest BCUT2D eigenvalue weighted by molar-refractivity contribution is -0.175. The monoisotopic (exact) mass is 291 g/mol. The lowest BCUT2D eigenvalue weighted by Gasteiger charge is -2.18. The van der Waals surface area contributed by atoms with E-state index in [2.05, 4.69) is 0 Å². The van der Waals surface area contributed by atoms with Gasteiger partial charge in [0.2, 0.25) is 0 Å². The van der Waals surface area contributed by atoms with Crippen LogP contribution in [0, 0.1) is 11.8 Å². The largest absolute Gasteiger partial charge is 0.336 e. The molecule has 1 aromatic carbocycles. The maximum atomic E-state index is 12.8. The number of carbonyl (C=O) groups excluding carboxylic acids is 3. The van der Waals surface area contributed by atoms with Crippen LogP contribution in [0.5, 0.6) is 0 Å². The van der Waals surface area contributed by atoms with E-state index in [4.69, 9.17) is 4.84 Å². The Balaban J connectivity index is 1.76. The molecule has 1 fully saturated rings.